The summed E-state index contributed by atoms with van der Waals surface area (Å²) in [7, 11) is 0. The molecule has 0 bridgehead atoms. The van der Waals surface area contributed by atoms with E-state index in [0.717, 1.165) is 3.57 Å². The molecule has 0 saturated heterocycles. The summed E-state index contributed by atoms with van der Waals surface area (Å²) < 4.78 is 8.21. The van der Waals surface area contributed by atoms with Gasteiger partial charge in [-0.05, 0) is 46.9 Å². The van der Waals surface area contributed by atoms with Gasteiger partial charge in [0.1, 0.15) is 12.4 Å². The lowest BCUT2D eigenvalue weighted by Gasteiger charge is -2.09. The van der Waals surface area contributed by atoms with Crippen molar-refractivity contribution in [3.8, 4) is 5.75 Å². The molecule has 0 fully saturated rings. The van der Waals surface area contributed by atoms with Crippen LogP contribution in [0, 0.1) is 3.57 Å². The van der Waals surface area contributed by atoms with Crippen LogP contribution in [0.15, 0.2) is 36.7 Å². The summed E-state index contributed by atoms with van der Waals surface area (Å²) in [6.45, 7) is 1.07. The minimum Gasteiger partial charge on any atom is -0.491 e. The highest BCUT2D eigenvalue weighted by Crippen LogP contribution is 2.22. The summed E-state index contributed by atoms with van der Waals surface area (Å²) in [6.07, 6.45) is 3.55. The number of carboxylic acid groups (broad SMARTS) is 1. The molecule has 0 radical (unpaired) electrons. The predicted octanol–water partition coefficient (Wildman–Crippen LogP) is 2.26. The summed E-state index contributed by atoms with van der Waals surface area (Å²) in [4.78, 5) is 10.9. The van der Waals surface area contributed by atoms with Crippen LogP contribution in [-0.2, 0) is 6.54 Å². The molecule has 5 nitrogen and oxygen atoms in total. The Hall–Kier alpha value is -1.57. The fourth-order valence-corrected chi connectivity index (χ4v) is 1.92. The van der Waals surface area contributed by atoms with Crippen LogP contribution in [0.3, 0.4) is 0 Å². The standard InChI is InChI=1S/C12H11IN2O3/c13-10-3-2-9(12(16)17)8-11(10)18-7-6-15-5-1-4-14-15/h1-5,8H,6-7H2,(H,16,17). The number of hydrogen-bond acceptors (Lipinski definition) is 3. The second kappa shape index (κ2) is 5.85. The first kappa shape index (κ1) is 12.9. The van der Waals surface area contributed by atoms with Crippen molar-refractivity contribution in [3.05, 3.63) is 45.8 Å². The van der Waals surface area contributed by atoms with E-state index in [1.165, 1.54) is 6.07 Å². The van der Waals surface area contributed by atoms with Crippen molar-refractivity contribution in [3.63, 3.8) is 0 Å². The van der Waals surface area contributed by atoms with E-state index < -0.39 is 5.97 Å². The Labute approximate surface area is 118 Å². The van der Waals surface area contributed by atoms with E-state index in [4.69, 9.17) is 9.84 Å². The maximum absolute atomic E-state index is 10.9. The fourth-order valence-electron chi connectivity index (χ4n) is 1.43. The molecule has 1 N–H and O–H groups in total. The Balaban J connectivity index is 2.00. The largest absolute Gasteiger partial charge is 0.491 e. The first-order valence-corrected chi connectivity index (χ1v) is 6.38. The van der Waals surface area contributed by atoms with Crippen molar-refractivity contribution in [2.24, 2.45) is 0 Å². The van der Waals surface area contributed by atoms with Crippen molar-refractivity contribution in [2.75, 3.05) is 6.61 Å². The third-order valence-electron chi connectivity index (χ3n) is 2.32. The Morgan fingerprint density at radius 2 is 2.33 bits per heavy atom. The second-order valence-corrected chi connectivity index (χ2v) is 4.73. The van der Waals surface area contributed by atoms with E-state index in [1.54, 1.807) is 23.0 Å². The quantitative estimate of drug-likeness (QED) is 0.833. The average molecular weight is 358 g/mol. The van der Waals surface area contributed by atoms with Crippen LogP contribution in [-0.4, -0.2) is 27.5 Å². The van der Waals surface area contributed by atoms with Gasteiger partial charge in [0.15, 0.2) is 0 Å². The number of nitrogens with zero attached hydrogens (tertiary/aromatic N) is 2. The van der Waals surface area contributed by atoms with Crippen molar-refractivity contribution >= 4 is 28.6 Å². The van der Waals surface area contributed by atoms with Crippen LogP contribution in [0.5, 0.6) is 5.75 Å². The molecule has 0 amide bonds. The molecule has 18 heavy (non-hydrogen) atoms. The van der Waals surface area contributed by atoms with Gasteiger partial charge in [-0.15, -0.1) is 0 Å². The molecule has 1 aromatic heterocycles. The lowest BCUT2D eigenvalue weighted by atomic mass is 10.2. The normalized spacial score (nSPS) is 10.3. The molecule has 0 aliphatic rings. The Bertz CT molecular complexity index is 540. The van der Waals surface area contributed by atoms with Gasteiger partial charge in [0.05, 0.1) is 15.7 Å². The minimum atomic E-state index is -0.955. The first-order chi connectivity index (χ1) is 8.66. The van der Waals surface area contributed by atoms with E-state index in [9.17, 15) is 4.79 Å². The van der Waals surface area contributed by atoms with Crippen LogP contribution in [0.2, 0.25) is 0 Å². The molecule has 94 valence electrons. The maximum atomic E-state index is 10.9. The van der Waals surface area contributed by atoms with Gasteiger partial charge in [0.25, 0.3) is 0 Å². The number of aromatic carboxylic acids is 1. The number of rotatable bonds is 5. The first-order valence-electron chi connectivity index (χ1n) is 5.30. The lowest BCUT2D eigenvalue weighted by Crippen LogP contribution is -2.09. The van der Waals surface area contributed by atoms with E-state index in [0.29, 0.717) is 18.9 Å². The van der Waals surface area contributed by atoms with Crippen LogP contribution in [0.1, 0.15) is 10.4 Å². The van der Waals surface area contributed by atoms with Crippen LogP contribution >= 0.6 is 22.6 Å². The molecular formula is C12H11IN2O3. The molecule has 1 aromatic carbocycles. The second-order valence-electron chi connectivity index (χ2n) is 3.57. The van der Waals surface area contributed by atoms with Gasteiger partial charge in [-0.1, -0.05) is 0 Å². The summed E-state index contributed by atoms with van der Waals surface area (Å²) in [5.74, 6) is -0.369. The highest BCUT2D eigenvalue weighted by atomic mass is 127. The summed E-state index contributed by atoms with van der Waals surface area (Å²) >= 11 is 2.11. The Morgan fingerprint density at radius 1 is 1.50 bits per heavy atom. The number of benzene rings is 1. The van der Waals surface area contributed by atoms with E-state index in [2.05, 4.69) is 27.7 Å². The predicted molar refractivity (Wildman–Crippen MR) is 73.8 cm³/mol. The van der Waals surface area contributed by atoms with Crippen molar-refractivity contribution < 1.29 is 14.6 Å². The summed E-state index contributed by atoms with van der Waals surface area (Å²) in [5.41, 5.74) is 0.226. The number of carbonyl (C=O) groups is 1. The smallest absolute Gasteiger partial charge is 0.335 e. The maximum Gasteiger partial charge on any atom is 0.335 e. The molecule has 0 aliphatic heterocycles. The molecule has 2 rings (SSSR count). The monoisotopic (exact) mass is 358 g/mol. The molecule has 0 aliphatic carbocycles. The molecule has 0 saturated carbocycles. The Morgan fingerprint density at radius 3 is 3.00 bits per heavy atom. The third kappa shape index (κ3) is 3.22. The van der Waals surface area contributed by atoms with Gasteiger partial charge in [0.2, 0.25) is 0 Å². The van der Waals surface area contributed by atoms with Crippen molar-refractivity contribution in [1.29, 1.82) is 0 Å². The topological polar surface area (TPSA) is 64.3 Å². The fraction of sp³-hybridized carbons (Fsp3) is 0.167. The number of carboxylic acids is 1. The van der Waals surface area contributed by atoms with Gasteiger partial charge in [-0.2, -0.15) is 5.10 Å². The van der Waals surface area contributed by atoms with Crippen molar-refractivity contribution in [1.82, 2.24) is 9.78 Å². The van der Waals surface area contributed by atoms with Crippen LogP contribution in [0.4, 0.5) is 0 Å². The summed E-state index contributed by atoms with van der Waals surface area (Å²) in [5, 5.41) is 13.0. The van der Waals surface area contributed by atoms with Gasteiger partial charge in [-0.25, -0.2) is 4.79 Å². The van der Waals surface area contributed by atoms with E-state index >= 15 is 0 Å². The van der Waals surface area contributed by atoms with Crippen molar-refractivity contribution in [2.45, 2.75) is 6.54 Å². The van der Waals surface area contributed by atoms with E-state index in [-0.39, 0.29) is 5.56 Å². The number of halogens is 1. The van der Waals surface area contributed by atoms with Crippen LogP contribution < -0.4 is 4.74 Å². The van der Waals surface area contributed by atoms with Gasteiger partial charge in [-0.3, -0.25) is 4.68 Å². The average Bonchev–Trinajstić information content (AvgIpc) is 2.84. The van der Waals surface area contributed by atoms with Crippen LogP contribution in [0.25, 0.3) is 0 Å². The van der Waals surface area contributed by atoms with Gasteiger partial charge >= 0.3 is 5.97 Å². The SMILES string of the molecule is O=C(O)c1ccc(I)c(OCCn2cccn2)c1. The highest BCUT2D eigenvalue weighted by molar-refractivity contribution is 14.1. The van der Waals surface area contributed by atoms with E-state index in [1.807, 2.05) is 12.3 Å². The zero-order chi connectivity index (χ0) is 13.0. The van der Waals surface area contributed by atoms with Gasteiger partial charge in [0, 0.05) is 12.4 Å². The number of aromatic nitrogens is 2. The molecular weight excluding hydrogens is 347 g/mol. The molecule has 0 unspecified atom stereocenters. The molecule has 1 heterocycles. The zero-order valence-corrected chi connectivity index (χ0v) is 11.6. The Kier molecular flexibility index (Phi) is 4.19. The lowest BCUT2D eigenvalue weighted by molar-refractivity contribution is 0.0696. The van der Waals surface area contributed by atoms with Gasteiger partial charge < -0.3 is 9.84 Å². The zero-order valence-electron chi connectivity index (χ0n) is 9.41. The summed E-state index contributed by atoms with van der Waals surface area (Å²) in [6, 6.07) is 6.67. The molecule has 6 heteroatoms. The molecule has 2 aromatic rings. The molecule has 0 atom stereocenters. The number of ether oxygens (including phenoxy) is 1. The third-order valence-corrected chi connectivity index (χ3v) is 3.21. The highest BCUT2D eigenvalue weighted by Gasteiger charge is 2.07. The number of hydrogen-bond donors (Lipinski definition) is 1. The molecule has 0 spiro atoms. The minimum absolute atomic E-state index is 0.226.